The lowest BCUT2D eigenvalue weighted by Crippen LogP contribution is -2.44. The van der Waals surface area contributed by atoms with Crippen molar-refractivity contribution in [1.82, 2.24) is 9.80 Å². The van der Waals surface area contributed by atoms with Crippen LogP contribution in [-0.4, -0.2) is 117 Å². The van der Waals surface area contributed by atoms with Crippen LogP contribution in [-0.2, 0) is 38.0 Å². The predicted octanol–water partition coefficient (Wildman–Crippen LogP) is 15.2. The number of rotatable bonds is 49. The van der Waals surface area contributed by atoms with Gasteiger partial charge in [0, 0.05) is 52.4 Å². The van der Waals surface area contributed by atoms with Crippen LogP contribution in [0.15, 0.2) is 0 Å². The average Bonchev–Trinajstić information content (AvgIpc) is 3.35. The Hall–Kier alpha value is -1.99. The van der Waals surface area contributed by atoms with Crippen LogP contribution < -0.4 is 0 Å². The van der Waals surface area contributed by atoms with E-state index in [1.807, 2.05) is 0 Å². The van der Waals surface area contributed by atoms with Crippen molar-refractivity contribution in [2.24, 2.45) is 0 Å². The summed E-state index contributed by atoms with van der Waals surface area (Å²) in [6.45, 7) is 20.3. The number of aliphatic carboxylic acids is 1. The third-order valence-corrected chi connectivity index (χ3v) is 13.1. The van der Waals surface area contributed by atoms with Gasteiger partial charge >= 0.3 is 18.0 Å². The van der Waals surface area contributed by atoms with Gasteiger partial charge in [-0.25, -0.2) is 4.79 Å². The predicted molar refractivity (Wildman–Crippen MR) is 284 cm³/mol. The van der Waals surface area contributed by atoms with Crippen LogP contribution in [0.3, 0.4) is 0 Å². The van der Waals surface area contributed by atoms with E-state index in [9.17, 15) is 14.4 Å². The number of hydrogen-bond acceptors (Lipinski definition) is 10. The first-order chi connectivity index (χ1) is 33.7. The lowest BCUT2D eigenvalue weighted by atomic mass is 10.1. The van der Waals surface area contributed by atoms with Gasteiger partial charge in [0.25, 0.3) is 0 Å². The molecule has 1 saturated heterocycles. The second-order valence-electron chi connectivity index (χ2n) is 19.5. The van der Waals surface area contributed by atoms with E-state index >= 15 is 0 Å². The Labute approximate surface area is 425 Å². The molecule has 0 aliphatic carbocycles. The van der Waals surface area contributed by atoms with Crippen molar-refractivity contribution in [3.05, 3.63) is 0 Å². The second-order valence-corrected chi connectivity index (χ2v) is 19.5. The third-order valence-electron chi connectivity index (χ3n) is 13.1. The maximum Gasteiger partial charge on any atom is 0.409 e. The summed E-state index contributed by atoms with van der Waals surface area (Å²) in [5, 5.41) is 8.88. The lowest BCUT2D eigenvalue weighted by Gasteiger charge is -2.31. The van der Waals surface area contributed by atoms with Crippen molar-refractivity contribution in [2.75, 3.05) is 65.8 Å². The van der Waals surface area contributed by atoms with Gasteiger partial charge in [-0.05, 0) is 58.0 Å². The van der Waals surface area contributed by atoms with E-state index < -0.39 is 5.97 Å². The third kappa shape index (κ3) is 45.6. The molecule has 0 radical (unpaired) electrons. The molecule has 1 rings (SSSR count). The zero-order valence-electron chi connectivity index (χ0n) is 46.1. The largest absolute Gasteiger partial charge is 0.481 e. The Bertz CT molecular complexity index is 1070. The molecular weight excluding hydrogens is 873 g/mol. The van der Waals surface area contributed by atoms with Crippen molar-refractivity contribution >= 4 is 18.0 Å². The number of carboxylic acids is 1. The van der Waals surface area contributed by atoms with Gasteiger partial charge in [-0.2, -0.15) is 0 Å². The van der Waals surface area contributed by atoms with Crippen LogP contribution in [0.4, 0.5) is 4.79 Å². The Morgan fingerprint density at radius 1 is 0.507 bits per heavy atom. The van der Waals surface area contributed by atoms with E-state index in [4.69, 9.17) is 33.5 Å². The summed E-state index contributed by atoms with van der Waals surface area (Å²) in [5.74, 6) is -1.03. The summed E-state index contributed by atoms with van der Waals surface area (Å²) in [6.07, 6.45) is 37.2. The maximum atomic E-state index is 12.8. The number of carboxylic acid groups (broad SMARTS) is 1. The minimum absolute atomic E-state index is 0.110. The van der Waals surface area contributed by atoms with E-state index in [0.29, 0.717) is 59.0 Å². The zero-order chi connectivity index (χ0) is 50.7. The molecule has 0 bridgehead atoms. The molecule has 1 atom stereocenters. The highest BCUT2D eigenvalue weighted by Gasteiger charge is 2.27. The fourth-order valence-corrected chi connectivity index (χ4v) is 8.53. The van der Waals surface area contributed by atoms with Crippen molar-refractivity contribution in [2.45, 2.75) is 285 Å². The number of carbonyl (C=O) groups is 3. The number of amides is 1. The zero-order valence-corrected chi connectivity index (χ0v) is 46.1. The molecule has 410 valence electrons. The van der Waals surface area contributed by atoms with Gasteiger partial charge in [-0.1, -0.05) is 196 Å². The average molecular weight is 986 g/mol. The highest BCUT2D eigenvalue weighted by Crippen LogP contribution is 2.18. The molecule has 12 heteroatoms. The van der Waals surface area contributed by atoms with E-state index in [-0.39, 0.29) is 43.6 Å². The normalized spacial score (nSPS) is 13.9. The summed E-state index contributed by atoms with van der Waals surface area (Å²) in [7, 11) is 0. The molecule has 12 nitrogen and oxygen atoms in total. The van der Waals surface area contributed by atoms with Crippen LogP contribution in [0.2, 0.25) is 0 Å². The molecule has 0 unspecified atom stereocenters. The van der Waals surface area contributed by atoms with Crippen LogP contribution in [0, 0.1) is 0 Å². The summed E-state index contributed by atoms with van der Waals surface area (Å²) < 4.78 is 35.1. The number of ether oxygens (including phenoxy) is 6. The molecule has 0 aromatic carbocycles. The molecule has 0 aromatic heterocycles. The Morgan fingerprint density at radius 2 is 0.884 bits per heavy atom. The van der Waals surface area contributed by atoms with Gasteiger partial charge in [-0.15, -0.1) is 0 Å². The number of nitrogens with zero attached hydrogens (tertiary/aromatic N) is 2. The minimum atomic E-state index is -0.783. The monoisotopic (exact) mass is 985 g/mol. The van der Waals surface area contributed by atoms with Crippen LogP contribution in [0.1, 0.15) is 266 Å². The number of carbonyl (C=O) groups excluding carboxylic acids is 2. The van der Waals surface area contributed by atoms with Crippen molar-refractivity contribution in [3.8, 4) is 0 Å². The molecule has 69 heavy (non-hydrogen) atoms. The smallest absolute Gasteiger partial charge is 0.409 e. The van der Waals surface area contributed by atoms with Crippen LogP contribution in [0.5, 0.6) is 0 Å². The minimum Gasteiger partial charge on any atom is -0.481 e. The van der Waals surface area contributed by atoms with Gasteiger partial charge in [0.15, 0.2) is 12.6 Å². The Balaban J connectivity index is 0.00000152. The number of esters is 1. The van der Waals surface area contributed by atoms with Crippen molar-refractivity contribution < 1.29 is 47.9 Å². The van der Waals surface area contributed by atoms with Crippen molar-refractivity contribution in [3.63, 3.8) is 0 Å². The van der Waals surface area contributed by atoms with E-state index in [0.717, 1.165) is 64.6 Å². The van der Waals surface area contributed by atoms with Crippen LogP contribution in [0.25, 0.3) is 0 Å². The molecule has 0 spiro atoms. The molecule has 0 aromatic rings. The summed E-state index contributed by atoms with van der Waals surface area (Å²) in [6, 6.07) is 0. The molecule has 1 aliphatic heterocycles. The molecule has 1 heterocycles. The highest BCUT2D eigenvalue weighted by molar-refractivity contribution is 5.70. The number of likely N-dealkylation sites (tertiary alicyclic amines) is 1. The van der Waals surface area contributed by atoms with E-state index in [1.165, 1.54) is 154 Å². The maximum absolute atomic E-state index is 12.8. The Morgan fingerprint density at radius 3 is 1.26 bits per heavy atom. The lowest BCUT2D eigenvalue weighted by molar-refractivity contribution is -0.163. The first-order valence-corrected chi connectivity index (χ1v) is 29.3. The molecule has 1 N–H and O–H groups in total. The van der Waals surface area contributed by atoms with Gasteiger partial charge < -0.3 is 43.3 Å². The quantitative estimate of drug-likeness (QED) is 0.0355. The first kappa shape index (κ1) is 67.0. The molecule has 1 aliphatic rings. The Kier molecular flexibility index (Phi) is 50.8. The fraction of sp³-hybridized carbons (Fsp3) is 0.947. The molecule has 0 saturated carbocycles. The number of piperidine rings is 1. The van der Waals surface area contributed by atoms with E-state index in [2.05, 4.69) is 46.4 Å². The SMILES string of the molecule is CCCCCCCCCOC(CCC(=O)O)OCCCCCCCCC.CCCCCCCCCOC(CCC(=O)O[C@H]1CCCN(C(=O)OCCCN(CC)CC)C1)OCCCCCCCCC. The van der Waals surface area contributed by atoms with E-state index in [1.54, 1.807) is 4.90 Å². The summed E-state index contributed by atoms with van der Waals surface area (Å²) in [4.78, 5) is 40.1. The molecule has 1 fully saturated rings. The topological polar surface area (TPSA) is 133 Å². The van der Waals surface area contributed by atoms with Crippen molar-refractivity contribution in [1.29, 1.82) is 0 Å². The first-order valence-electron chi connectivity index (χ1n) is 29.3. The fourth-order valence-electron chi connectivity index (χ4n) is 8.53. The van der Waals surface area contributed by atoms with Gasteiger partial charge in [-0.3, -0.25) is 9.59 Å². The standard InChI is InChI=1S/C35H68N2O6.C22H44O4/c1-5-9-11-13-15-17-19-28-40-34(41-29-20-18-16-14-12-10-6-2)25-24-33(38)43-32-23-21-27-37(31-32)35(39)42-30-22-26-36(7-3)8-4;1-3-5-7-9-11-13-15-19-25-22(18-17-21(23)24)26-20-16-14-12-10-8-6-4-2/h32,34H,5-31H2,1-4H3;22H,3-20H2,1-2H3,(H,23,24)/t32-;/m0./s1. The second kappa shape index (κ2) is 52.3. The number of hydrogen-bond donors (Lipinski definition) is 1. The summed E-state index contributed by atoms with van der Waals surface area (Å²) >= 11 is 0. The van der Waals surface area contributed by atoms with Gasteiger partial charge in [0.1, 0.15) is 6.10 Å². The van der Waals surface area contributed by atoms with Crippen LogP contribution >= 0.6 is 0 Å². The number of unbranched alkanes of at least 4 members (excludes halogenated alkanes) is 24. The molecule has 1 amide bonds. The summed E-state index contributed by atoms with van der Waals surface area (Å²) in [5.41, 5.74) is 0. The van der Waals surface area contributed by atoms with Gasteiger partial charge in [0.05, 0.1) is 26.0 Å². The van der Waals surface area contributed by atoms with Gasteiger partial charge in [0.2, 0.25) is 0 Å². The highest BCUT2D eigenvalue weighted by atomic mass is 16.7. The molecular formula is C57H112N2O10.